The van der Waals surface area contributed by atoms with Crippen LogP contribution in [0.15, 0.2) is 42.9 Å². The van der Waals surface area contributed by atoms with E-state index in [2.05, 4.69) is 36.1 Å². The van der Waals surface area contributed by atoms with Crippen LogP contribution in [0.5, 0.6) is 0 Å². The molecule has 0 bridgehead atoms. The molecule has 1 fully saturated rings. The van der Waals surface area contributed by atoms with Crippen LogP contribution in [0.25, 0.3) is 11.5 Å². The van der Waals surface area contributed by atoms with Crippen LogP contribution in [0, 0.1) is 11.3 Å². The molecule has 2 aromatic heterocycles. The molecule has 1 aliphatic heterocycles. The first-order valence-electron chi connectivity index (χ1n) is 8.72. The Bertz CT molecular complexity index is 905. The molecule has 7 heteroatoms. The highest BCUT2D eigenvalue weighted by Crippen LogP contribution is 2.27. The van der Waals surface area contributed by atoms with Crippen molar-refractivity contribution in [1.82, 2.24) is 30.0 Å². The first-order valence-corrected chi connectivity index (χ1v) is 8.72. The molecule has 130 valence electrons. The van der Waals surface area contributed by atoms with Gasteiger partial charge in [0.25, 0.3) is 0 Å². The fourth-order valence-electron chi connectivity index (χ4n) is 3.36. The van der Waals surface area contributed by atoms with E-state index in [0.29, 0.717) is 17.4 Å². The zero-order valence-corrected chi connectivity index (χ0v) is 14.3. The molecule has 3 aromatic rings. The van der Waals surface area contributed by atoms with Gasteiger partial charge in [0, 0.05) is 24.9 Å². The van der Waals surface area contributed by atoms with Crippen LogP contribution >= 0.6 is 0 Å². The molecule has 0 aliphatic carbocycles. The van der Waals surface area contributed by atoms with E-state index in [1.54, 1.807) is 18.6 Å². The van der Waals surface area contributed by atoms with Crippen molar-refractivity contribution < 1.29 is 0 Å². The lowest BCUT2D eigenvalue weighted by Crippen LogP contribution is -2.33. The first kappa shape index (κ1) is 16.4. The molecule has 0 saturated carbocycles. The molecule has 0 unspecified atom stereocenters. The number of nitriles is 1. The van der Waals surface area contributed by atoms with E-state index < -0.39 is 0 Å². The van der Waals surface area contributed by atoms with Gasteiger partial charge in [0.05, 0.1) is 17.8 Å². The van der Waals surface area contributed by atoms with Gasteiger partial charge in [-0.3, -0.25) is 15.0 Å². The molecule has 0 atom stereocenters. The molecular formula is C19H19N7. The van der Waals surface area contributed by atoms with Gasteiger partial charge in [0.2, 0.25) is 5.82 Å². The molecule has 0 radical (unpaired) electrons. The van der Waals surface area contributed by atoms with E-state index in [9.17, 15) is 5.26 Å². The van der Waals surface area contributed by atoms with Gasteiger partial charge >= 0.3 is 0 Å². The highest BCUT2D eigenvalue weighted by Gasteiger charge is 2.24. The number of benzene rings is 1. The topological polar surface area (TPSA) is 94.4 Å². The Morgan fingerprint density at radius 3 is 2.81 bits per heavy atom. The van der Waals surface area contributed by atoms with Crippen LogP contribution in [0.1, 0.15) is 35.7 Å². The molecule has 0 spiro atoms. The molecule has 1 aromatic carbocycles. The summed E-state index contributed by atoms with van der Waals surface area (Å²) in [4.78, 5) is 15.3. The third kappa shape index (κ3) is 3.46. The fourth-order valence-corrected chi connectivity index (χ4v) is 3.36. The Morgan fingerprint density at radius 1 is 1.19 bits per heavy atom. The van der Waals surface area contributed by atoms with Crippen molar-refractivity contribution in [2.45, 2.75) is 25.3 Å². The molecule has 1 N–H and O–H groups in total. The highest BCUT2D eigenvalue weighted by molar-refractivity contribution is 5.46. The number of aromatic amines is 1. The Morgan fingerprint density at radius 2 is 2.04 bits per heavy atom. The lowest BCUT2D eigenvalue weighted by molar-refractivity contribution is 0.201. The van der Waals surface area contributed by atoms with Crippen molar-refractivity contribution >= 4 is 0 Å². The van der Waals surface area contributed by atoms with Gasteiger partial charge in [-0.05, 0) is 37.6 Å². The van der Waals surface area contributed by atoms with Gasteiger partial charge in [-0.2, -0.15) is 10.4 Å². The number of rotatable bonds is 4. The van der Waals surface area contributed by atoms with Crippen LogP contribution in [0.4, 0.5) is 0 Å². The van der Waals surface area contributed by atoms with Gasteiger partial charge in [0.1, 0.15) is 11.5 Å². The van der Waals surface area contributed by atoms with Crippen molar-refractivity contribution in [3.05, 3.63) is 59.8 Å². The number of H-pyrrole nitrogens is 1. The number of nitrogens with zero attached hydrogens (tertiary/aromatic N) is 6. The molecule has 7 nitrogen and oxygen atoms in total. The summed E-state index contributed by atoms with van der Waals surface area (Å²) in [7, 11) is 0. The average molecular weight is 345 g/mol. The predicted octanol–water partition coefficient (Wildman–Crippen LogP) is 2.51. The first-order chi connectivity index (χ1) is 12.8. The lowest BCUT2D eigenvalue weighted by atomic mass is 9.95. The molecule has 1 saturated heterocycles. The summed E-state index contributed by atoms with van der Waals surface area (Å²) in [5, 5.41) is 16.6. The molecular weight excluding hydrogens is 326 g/mol. The van der Waals surface area contributed by atoms with Gasteiger partial charge in [-0.15, -0.1) is 0 Å². The number of hydrogen-bond acceptors (Lipinski definition) is 6. The Hall–Kier alpha value is -3.11. The minimum Gasteiger partial charge on any atom is -0.299 e. The minimum atomic E-state index is 0.371. The van der Waals surface area contributed by atoms with Crippen LogP contribution in [0.2, 0.25) is 0 Å². The van der Waals surface area contributed by atoms with Crippen LogP contribution in [-0.2, 0) is 6.54 Å². The normalized spacial score (nSPS) is 15.7. The molecule has 4 rings (SSSR count). The Labute approximate surface area is 151 Å². The van der Waals surface area contributed by atoms with Crippen LogP contribution in [0.3, 0.4) is 0 Å². The summed E-state index contributed by atoms with van der Waals surface area (Å²) in [5.74, 6) is 1.89. The molecule has 1 aliphatic rings. The van der Waals surface area contributed by atoms with Crippen LogP contribution in [-0.4, -0.2) is 43.1 Å². The summed E-state index contributed by atoms with van der Waals surface area (Å²) in [6.07, 6.45) is 6.98. The molecule has 26 heavy (non-hydrogen) atoms. The zero-order chi connectivity index (χ0) is 17.8. The third-order valence-electron chi connectivity index (χ3n) is 4.80. The zero-order valence-electron chi connectivity index (χ0n) is 14.3. The standard InChI is InChI=1S/C19H19N7/c20-11-15-3-1-2-4-16(15)13-26-9-5-14(6-10-26)18-23-19(25-24-18)17-12-21-7-8-22-17/h1-4,7-8,12,14H,5-6,9-10,13H2,(H,23,24,25). The van der Waals surface area contributed by atoms with Crippen molar-refractivity contribution in [3.8, 4) is 17.6 Å². The molecule has 3 heterocycles. The molecule has 0 amide bonds. The van der Waals surface area contributed by atoms with E-state index >= 15 is 0 Å². The summed E-state index contributed by atoms with van der Waals surface area (Å²) in [5.41, 5.74) is 2.54. The van der Waals surface area contributed by atoms with Gasteiger partial charge in [-0.25, -0.2) is 9.97 Å². The lowest BCUT2D eigenvalue weighted by Gasteiger charge is -2.31. The van der Waals surface area contributed by atoms with Crippen molar-refractivity contribution in [2.24, 2.45) is 0 Å². The second kappa shape index (κ2) is 7.42. The predicted molar refractivity (Wildman–Crippen MR) is 95.8 cm³/mol. The van der Waals surface area contributed by atoms with Crippen molar-refractivity contribution in [3.63, 3.8) is 0 Å². The summed E-state index contributed by atoms with van der Waals surface area (Å²) in [6, 6.07) is 10.1. The Balaban J connectivity index is 1.38. The van der Waals surface area contributed by atoms with Crippen molar-refractivity contribution in [1.29, 1.82) is 5.26 Å². The fraction of sp³-hybridized carbons (Fsp3) is 0.316. The van der Waals surface area contributed by atoms with Gasteiger partial charge in [0.15, 0.2) is 0 Å². The van der Waals surface area contributed by atoms with Crippen molar-refractivity contribution in [2.75, 3.05) is 13.1 Å². The average Bonchev–Trinajstić information content (AvgIpc) is 3.20. The van der Waals surface area contributed by atoms with Gasteiger partial charge < -0.3 is 0 Å². The largest absolute Gasteiger partial charge is 0.299 e. The second-order valence-corrected chi connectivity index (χ2v) is 6.45. The summed E-state index contributed by atoms with van der Waals surface area (Å²) >= 11 is 0. The van der Waals surface area contributed by atoms with Gasteiger partial charge in [-0.1, -0.05) is 18.2 Å². The summed E-state index contributed by atoms with van der Waals surface area (Å²) in [6.45, 7) is 2.77. The SMILES string of the molecule is N#Cc1ccccc1CN1CCC(c2nc(-c3cnccn3)n[nH]2)CC1. The van der Waals surface area contributed by atoms with E-state index in [1.165, 1.54) is 0 Å². The number of likely N-dealkylation sites (tertiary alicyclic amines) is 1. The highest BCUT2D eigenvalue weighted by atomic mass is 15.2. The smallest absolute Gasteiger partial charge is 0.201 e. The minimum absolute atomic E-state index is 0.371. The number of piperidine rings is 1. The second-order valence-electron chi connectivity index (χ2n) is 6.45. The van der Waals surface area contributed by atoms with E-state index in [0.717, 1.165) is 49.4 Å². The maximum Gasteiger partial charge on any atom is 0.201 e. The third-order valence-corrected chi connectivity index (χ3v) is 4.80. The number of hydrogen-bond donors (Lipinski definition) is 1. The van der Waals surface area contributed by atoms with E-state index in [1.807, 2.05) is 24.3 Å². The quantitative estimate of drug-likeness (QED) is 0.781. The van der Waals surface area contributed by atoms with Crippen LogP contribution < -0.4 is 0 Å². The van der Waals surface area contributed by atoms with E-state index in [-0.39, 0.29) is 0 Å². The maximum atomic E-state index is 9.24. The van der Waals surface area contributed by atoms with E-state index in [4.69, 9.17) is 0 Å². The number of nitrogens with one attached hydrogen (secondary N) is 1. The maximum absolute atomic E-state index is 9.24. The number of aromatic nitrogens is 5. The summed E-state index contributed by atoms with van der Waals surface area (Å²) < 4.78 is 0. The Kier molecular flexibility index (Phi) is 4.67. The monoisotopic (exact) mass is 345 g/mol.